The molecule has 0 radical (unpaired) electrons. The summed E-state index contributed by atoms with van der Waals surface area (Å²) in [4.78, 5) is 26.2. The van der Waals surface area contributed by atoms with Crippen molar-refractivity contribution in [1.82, 2.24) is 14.8 Å². The second kappa shape index (κ2) is 6.94. The number of aryl methyl sites for hydroxylation is 1. The lowest BCUT2D eigenvalue weighted by Crippen LogP contribution is -2.12. The van der Waals surface area contributed by atoms with Crippen LogP contribution in [-0.2, 0) is 4.79 Å². The maximum atomic E-state index is 12.2. The van der Waals surface area contributed by atoms with Crippen molar-refractivity contribution in [2.45, 2.75) is 13.8 Å². The van der Waals surface area contributed by atoms with E-state index in [1.165, 1.54) is 19.2 Å². The second-order valence-electron chi connectivity index (χ2n) is 5.68. The normalized spacial score (nSPS) is 10.2. The van der Waals surface area contributed by atoms with Gasteiger partial charge in [0.25, 0.3) is 5.91 Å². The number of H-pyrrole nitrogens is 1. The van der Waals surface area contributed by atoms with Crippen molar-refractivity contribution in [1.29, 1.82) is 5.26 Å². The highest BCUT2D eigenvalue weighted by Crippen LogP contribution is 2.19. The van der Waals surface area contributed by atoms with Gasteiger partial charge in [-0.15, -0.1) is 0 Å². The van der Waals surface area contributed by atoms with Crippen molar-refractivity contribution in [2.75, 3.05) is 10.6 Å². The number of rotatable bonds is 4. The number of aromatic nitrogens is 3. The Hall–Kier alpha value is -3.86. The topological polar surface area (TPSA) is 116 Å². The molecule has 0 bridgehead atoms. The highest BCUT2D eigenvalue weighted by atomic mass is 16.2. The zero-order valence-electron chi connectivity index (χ0n) is 14.2. The van der Waals surface area contributed by atoms with Crippen LogP contribution in [0.1, 0.15) is 28.7 Å². The molecule has 0 aliphatic rings. The standard InChI is InChI=1S/C18H16N6O2/c1-11-7-17(21-12(2)25)24(23-11)16-5-3-14(4-6-16)22-18(26)13-8-15(9-19)20-10-13/h3-8,10,20H,1-2H3,(H,21,25)(H,22,26). The molecule has 0 saturated heterocycles. The fraction of sp³-hybridized carbons (Fsp3) is 0.111. The summed E-state index contributed by atoms with van der Waals surface area (Å²) in [6, 6.07) is 12.2. The smallest absolute Gasteiger partial charge is 0.257 e. The fourth-order valence-electron chi connectivity index (χ4n) is 2.44. The number of hydrogen-bond donors (Lipinski definition) is 3. The van der Waals surface area contributed by atoms with Crippen LogP contribution in [0, 0.1) is 18.3 Å². The third-order valence-corrected chi connectivity index (χ3v) is 3.57. The molecule has 0 aliphatic carbocycles. The Balaban J connectivity index is 1.78. The molecule has 0 spiro atoms. The van der Waals surface area contributed by atoms with E-state index in [-0.39, 0.29) is 11.8 Å². The number of carbonyl (C=O) groups excluding carboxylic acids is 2. The van der Waals surface area contributed by atoms with Gasteiger partial charge in [0.1, 0.15) is 17.6 Å². The minimum Gasteiger partial charge on any atom is -0.352 e. The minimum atomic E-state index is -0.315. The van der Waals surface area contributed by atoms with Gasteiger partial charge in [-0.3, -0.25) is 9.59 Å². The maximum Gasteiger partial charge on any atom is 0.257 e. The molecular formula is C18H16N6O2. The van der Waals surface area contributed by atoms with Gasteiger partial charge in [-0.05, 0) is 37.3 Å². The summed E-state index contributed by atoms with van der Waals surface area (Å²) in [5, 5.41) is 18.6. The van der Waals surface area contributed by atoms with Crippen molar-refractivity contribution in [3.63, 3.8) is 0 Å². The molecule has 2 heterocycles. The molecule has 0 fully saturated rings. The van der Waals surface area contributed by atoms with Gasteiger partial charge in [-0.1, -0.05) is 0 Å². The minimum absolute atomic E-state index is 0.182. The summed E-state index contributed by atoms with van der Waals surface area (Å²) >= 11 is 0. The van der Waals surface area contributed by atoms with Gasteiger partial charge in [-0.2, -0.15) is 10.4 Å². The average molecular weight is 348 g/mol. The van der Waals surface area contributed by atoms with Crippen molar-refractivity contribution < 1.29 is 9.59 Å². The summed E-state index contributed by atoms with van der Waals surface area (Å²) in [5.74, 6) is 0.0748. The third-order valence-electron chi connectivity index (χ3n) is 3.57. The van der Waals surface area contributed by atoms with E-state index < -0.39 is 0 Å². The summed E-state index contributed by atoms with van der Waals surface area (Å²) in [6.45, 7) is 3.27. The van der Waals surface area contributed by atoms with Crippen molar-refractivity contribution in [2.24, 2.45) is 0 Å². The van der Waals surface area contributed by atoms with Gasteiger partial charge in [0.2, 0.25) is 5.91 Å². The summed E-state index contributed by atoms with van der Waals surface area (Å²) in [6.07, 6.45) is 1.48. The largest absolute Gasteiger partial charge is 0.352 e. The molecule has 8 nitrogen and oxygen atoms in total. The molecule has 2 amide bonds. The first-order chi connectivity index (χ1) is 12.5. The van der Waals surface area contributed by atoms with E-state index in [2.05, 4.69) is 20.7 Å². The van der Waals surface area contributed by atoms with Gasteiger partial charge in [0.05, 0.1) is 16.9 Å². The van der Waals surface area contributed by atoms with E-state index in [0.29, 0.717) is 22.8 Å². The fourth-order valence-corrected chi connectivity index (χ4v) is 2.44. The number of anilines is 2. The third kappa shape index (κ3) is 3.62. The van der Waals surface area contributed by atoms with Crippen LogP contribution in [0.4, 0.5) is 11.5 Å². The van der Waals surface area contributed by atoms with Gasteiger partial charge < -0.3 is 15.6 Å². The quantitative estimate of drug-likeness (QED) is 0.672. The maximum absolute atomic E-state index is 12.2. The molecule has 1 aromatic carbocycles. The predicted molar refractivity (Wildman–Crippen MR) is 96.1 cm³/mol. The van der Waals surface area contributed by atoms with Gasteiger partial charge in [0, 0.05) is 24.9 Å². The van der Waals surface area contributed by atoms with Gasteiger partial charge in [0.15, 0.2) is 0 Å². The number of amides is 2. The van der Waals surface area contributed by atoms with Crippen molar-refractivity contribution in [3.8, 4) is 11.8 Å². The summed E-state index contributed by atoms with van der Waals surface area (Å²) < 4.78 is 1.62. The lowest BCUT2D eigenvalue weighted by molar-refractivity contribution is -0.114. The Morgan fingerprint density at radius 2 is 1.92 bits per heavy atom. The van der Waals surface area contributed by atoms with E-state index in [1.54, 1.807) is 35.0 Å². The van der Waals surface area contributed by atoms with E-state index >= 15 is 0 Å². The number of nitrogens with zero attached hydrogens (tertiary/aromatic N) is 3. The summed E-state index contributed by atoms with van der Waals surface area (Å²) in [7, 11) is 0. The zero-order chi connectivity index (χ0) is 18.7. The van der Waals surface area contributed by atoms with Crippen LogP contribution < -0.4 is 10.6 Å². The number of nitrogens with one attached hydrogen (secondary N) is 3. The molecule has 0 atom stereocenters. The lowest BCUT2D eigenvalue weighted by Gasteiger charge is -2.09. The first-order valence-corrected chi connectivity index (χ1v) is 7.81. The first-order valence-electron chi connectivity index (χ1n) is 7.81. The number of carbonyl (C=O) groups is 2. The van der Waals surface area contributed by atoms with Gasteiger partial charge in [-0.25, -0.2) is 4.68 Å². The number of aromatic amines is 1. The Kier molecular flexibility index (Phi) is 4.53. The molecule has 0 unspecified atom stereocenters. The van der Waals surface area contributed by atoms with E-state index in [1.807, 2.05) is 13.0 Å². The summed E-state index contributed by atoms with van der Waals surface area (Å²) in [5.41, 5.74) is 2.81. The Morgan fingerprint density at radius 3 is 2.54 bits per heavy atom. The van der Waals surface area contributed by atoms with E-state index in [0.717, 1.165) is 11.4 Å². The molecule has 3 aromatic rings. The lowest BCUT2D eigenvalue weighted by atomic mass is 10.2. The van der Waals surface area contributed by atoms with Crippen LogP contribution in [0.5, 0.6) is 0 Å². The van der Waals surface area contributed by atoms with E-state index in [9.17, 15) is 9.59 Å². The highest BCUT2D eigenvalue weighted by molar-refractivity contribution is 6.04. The zero-order valence-corrected chi connectivity index (χ0v) is 14.2. The van der Waals surface area contributed by atoms with Crippen LogP contribution in [0.2, 0.25) is 0 Å². The molecular weight excluding hydrogens is 332 g/mol. The van der Waals surface area contributed by atoms with Crippen LogP contribution in [0.25, 0.3) is 5.69 Å². The van der Waals surface area contributed by atoms with Crippen molar-refractivity contribution in [3.05, 3.63) is 59.5 Å². The number of benzene rings is 1. The van der Waals surface area contributed by atoms with Crippen LogP contribution in [-0.4, -0.2) is 26.6 Å². The van der Waals surface area contributed by atoms with Crippen LogP contribution in [0.3, 0.4) is 0 Å². The van der Waals surface area contributed by atoms with Crippen LogP contribution >= 0.6 is 0 Å². The van der Waals surface area contributed by atoms with Gasteiger partial charge >= 0.3 is 0 Å². The first kappa shape index (κ1) is 17.0. The molecule has 8 heteroatoms. The van der Waals surface area contributed by atoms with Crippen LogP contribution in [0.15, 0.2) is 42.6 Å². The monoisotopic (exact) mass is 348 g/mol. The molecule has 26 heavy (non-hydrogen) atoms. The molecule has 0 saturated carbocycles. The Morgan fingerprint density at radius 1 is 1.19 bits per heavy atom. The number of nitriles is 1. The molecule has 130 valence electrons. The average Bonchev–Trinajstić information content (AvgIpc) is 3.22. The number of hydrogen-bond acceptors (Lipinski definition) is 4. The van der Waals surface area contributed by atoms with Crippen molar-refractivity contribution >= 4 is 23.3 Å². The Labute approximate surface area is 149 Å². The molecule has 3 rings (SSSR count). The molecule has 0 aliphatic heterocycles. The highest BCUT2D eigenvalue weighted by Gasteiger charge is 2.11. The second-order valence-corrected chi connectivity index (χ2v) is 5.68. The predicted octanol–water partition coefficient (Wildman–Crippen LogP) is 2.59. The molecule has 3 N–H and O–H groups in total. The Bertz CT molecular complexity index is 1010. The molecule has 2 aromatic heterocycles. The SMILES string of the molecule is CC(=O)Nc1cc(C)nn1-c1ccc(NC(=O)c2c[nH]c(C#N)c2)cc1. The van der Waals surface area contributed by atoms with E-state index in [4.69, 9.17) is 5.26 Å².